The Labute approximate surface area is 80.4 Å². The van der Waals surface area contributed by atoms with Crippen molar-refractivity contribution in [3.05, 3.63) is 0 Å². The van der Waals surface area contributed by atoms with Gasteiger partial charge < -0.3 is 4.74 Å². The first-order valence-electron chi connectivity index (χ1n) is 4.47. The number of hydrogen-bond acceptors (Lipinski definition) is 3. The van der Waals surface area contributed by atoms with E-state index in [1.165, 1.54) is 0 Å². The quantitative estimate of drug-likeness (QED) is 0.652. The summed E-state index contributed by atoms with van der Waals surface area (Å²) in [5, 5.41) is 2.83. The number of rotatable bonds is 0. The third-order valence-corrected chi connectivity index (χ3v) is 3.68. The lowest BCUT2D eigenvalue weighted by atomic mass is 10.1. The van der Waals surface area contributed by atoms with Crippen LogP contribution in [0.3, 0.4) is 0 Å². The fraction of sp³-hybridized carbons (Fsp3) is 1.00. The Morgan fingerprint density at radius 3 is 2.77 bits per heavy atom. The molecule has 0 aliphatic carbocycles. The number of nitrogens with one attached hydrogen (secondary N) is 1. The van der Waals surface area contributed by atoms with Crippen LogP contribution in [0.2, 0.25) is 0 Å². The first kappa shape index (κ1) is 9.68. The van der Waals surface area contributed by atoms with Gasteiger partial charge in [-0.25, -0.2) is 8.78 Å². The highest BCUT2D eigenvalue weighted by molar-refractivity contribution is 7.99. The molecule has 2 aliphatic rings. The summed E-state index contributed by atoms with van der Waals surface area (Å²) >= 11 is 1.77. The number of alkyl halides is 2. The van der Waals surface area contributed by atoms with Gasteiger partial charge in [0, 0.05) is 5.75 Å². The Bertz CT molecular complexity index is 183. The molecule has 0 aromatic rings. The van der Waals surface area contributed by atoms with Crippen LogP contribution >= 0.6 is 11.8 Å². The van der Waals surface area contributed by atoms with Gasteiger partial charge in [0.2, 0.25) is 0 Å². The van der Waals surface area contributed by atoms with Crippen molar-refractivity contribution in [2.45, 2.75) is 24.5 Å². The molecule has 0 aromatic heterocycles. The summed E-state index contributed by atoms with van der Waals surface area (Å²) in [6, 6.07) is 0. The van der Waals surface area contributed by atoms with Gasteiger partial charge in [-0.3, -0.25) is 5.32 Å². The summed E-state index contributed by atoms with van der Waals surface area (Å²) in [5.41, 5.74) is -0.454. The van der Waals surface area contributed by atoms with E-state index < -0.39 is 18.3 Å². The van der Waals surface area contributed by atoms with Gasteiger partial charge >= 0.3 is 0 Å². The van der Waals surface area contributed by atoms with Gasteiger partial charge in [0.1, 0.15) is 12.3 Å². The molecule has 1 atom stereocenters. The predicted octanol–water partition coefficient (Wildman–Crippen LogP) is 1.46. The highest BCUT2D eigenvalue weighted by Gasteiger charge is 2.44. The van der Waals surface area contributed by atoms with Gasteiger partial charge in [-0.2, -0.15) is 11.8 Å². The maximum atomic E-state index is 12.7. The second-order valence-electron chi connectivity index (χ2n) is 3.65. The Morgan fingerprint density at radius 2 is 2.23 bits per heavy atom. The topological polar surface area (TPSA) is 21.3 Å². The van der Waals surface area contributed by atoms with E-state index in [0.29, 0.717) is 0 Å². The number of thioether (sulfide) groups is 1. The van der Waals surface area contributed by atoms with Crippen molar-refractivity contribution in [1.82, 2.24) is 5.32 Å². The molecule has 1 unspecified atom stereocenters. The second-order valence-corrected chi connectivity index (χ2v) is 4.75. The van der Waals surface area contributed by atoms with Gasteiger partial charge in [0.25, 0.3) is 5.92 Å². The number of halogens is 2. The normalized spacial score (nSPS) is 39.2. The summed E-state index contributed by atoms with van der Waals surface area (Å²) < 4.78 is 30.7. The van der Waals surface area contributed by atoms with Crippen LogP contribution in [0.15, 0.2) is 0 Å². The molecule has 13 heavy (non-hydrogen) atoms. The molecular weight excluding hydrogens is 196 g/mol. The zero-order valence-electron chi connectivity index (χ0n) is 7.32. The van der Waals surface area contributed by atoms with E-state index in [-0.39, 0.29) is 6.54 Å². The van der Waals surface area contributed by atoms with Crippen LogP contribution in [-0.2, 0) is 4.74 Å². The molecule has 2 saturated heterocycles. The molecule has 5 heteroatoms. The molecule has 76 valence electrons. The molecule has 0 aromatic carbocycles. The van der Waals surface area contributed by atoms with Crippen LogP contribution in [0.5, 0.6) is 0 Å². The molecule has 0 amide bonds. The fourth-order valence-corrected chi connectivity index (χ4v) is 2.81. The van der Waals surface area contributed by atoms with Crippen molar-refractivity contribution < 1.29 is 13.5 Å². The lowest BCUT2D eigenvalue weighted by Crippen LogP contribution is -2.61. The molecule has 2 aliphatic heterocycles. The van der Waals surface area contributed by atoms with E-state index in [0.717, 1.165) is 24.3 Å². The maximum absolute atomic E-state index is 12.7. The van der Waals surface area contributed by atoms with Crippen molar-refractivity contribution >= 4 is 11.8 Å². The first-order valence-corrected chi connectivity index (χ1v) is 5.62. The van der Waals surface area contributed by atoms with E-state index in [2.05, 4.69) is 5.32 Å². The van der Waals surface area contributed by atoms with Crippen LogP contribution in [0.1, 0.15) is 12.8 Å². The minimum atomic E-state index is -2.69. The van der Waals surface area contributed by atoms with Crippen molar-refractivity contribution in [3.8, 4) is 0 Å². The van der Waals surface area contributed by atoms with Crippen LogP contribution in [0.4, 0.5) is 8.78 Å². The van der Waals surface area contributed by atoms with Crippen molar-refractivity contribution in [3.63, 3.8) is 0 Å². The third-order valence-electron chi connectivity index (χ3n) is 2.43. The SMILES string of the molecule is FC1(F)CNC2(CCCSC2)OC1. The molecular formula is C8H13F2NOS. The van der Waals surface area contributed by atoms with E-state index in [1.807, 2.05) is 0 Å². The van der Waals surface area contributed by atoms with E-state index in [4.69, 9.17) is 4.74 Å². The minimum Gasteiger partial charge on any atom is -0.353 e. The smallest absolute Gasteiger partial charge is 0.283 e. The number of ether oxygens (including phenoxy) is 1. The Morgan fingerprint density at radius 1 is 1.38 bits per heavy atom. The molecule has 1 spiro atoms. The van der Waals surface area contributed by atoms with Crippen LogP contribution in [0.25, 0.3) is 0 Å². The largest absolute Gasteiger partial charge is 0.353 e. The minimum absolute atomic E-state index is 0.243. The zero-order valence-corrected chi connectivity index (χ0v) is 8.13. The summed E-state index contributed by atoms with van der Waals surface area (Å²) in [7, 11) is 0. The second kappa shape index (κ2) is 3.37. The highest BCUT2D eigenvalue weighted by atomic mass is 32.2. The maximum Gasteiger partial charge on any atom is 0.283 e. The molecule has 1 N–H and O–H groups in total. The average Bonchev–Trinajstić information content (AvgIpc) is 2.13. The molecule has 0 bridgehead atoms. The molecule has 0 radical (unpaired) electrons. The lowest BCUT2D eigenvalue weighted by molar-refractivity contribution is -0.187. The Hall–Kier alpha value is 0.130. The van der Waals surface area contributed by atoms with Gasteiger partial charge in [-0.1, -0.05) is 0 Å². The fourth-order valence-electron chi connectivity index (χ4n) is 1.66. The van der Waals surface area contributed by atoms with Crippen molar-refractivity contribution in [2.75, 3.05) is 24.7 Å². The van der Waals surface area contributed by atoms with Gasteiger partial charge in [0.15, 0.2) is 0 Å². The summed E-state index contributed by atoms with van der Waals surface area (Å²) in [6.07, 6.45) is 1.90. The summed E-state index contributed by atoms with van der Waals surface area (Å²) in [4.78, 5) is 0. The van der Waals surface area contributed by atoms with Crippen molar-refractivity contribution in [1.29, 1.82) is 0 Å². The summed E-state index contributed by atoms with van der Waals surface area (Å²) in [5.74, 6) is -0.778. The lowest BCUT2D eigenvalue weighted by Gasteiger charge is -2.43. The average molecular weight is 209 g/mol. The molecule has 2 rings (SSSR count). The predicted molar refractivity (Wildman–Crippen MR) is 48.2 cm³/mol. The van der Waals surface area contributed by atoms with Crippen molar-refractivity contribution in [2.24, 2.45) is 0 Å². The monoisotopic (exact) mass is 209 g/mol. The van der Waals surface area contributed by atoms with Gasteiger partial charge in [0.05, 0.1) is 6.54 Å². The first-order chi connectivity index (χ1) is 6.12. The van der Waals surface area contributed by atoms with E-state index in [1.54, 1.807) is 11.8 Å². The Balaban J connectivity index is 1.95. The van der Waals surface area contributed by atoms with E-state index >= 15 is 0 Å². The molecule has 2 fully saturated rings. The molecule has 2 heterocycles. The number of hydrogen-bond donors (Lipinski definition) is 1. The van der Waals surface area contributed by atoms with Gasteiger partial charge in [-0.05, 0) is 18.6 Å². The van der Waals surface area contributed by atoms with Crippen LogP contribution in [0, 0.1) is 0 Å². The standard InChI is InChI=1S/C8H13F2NOS/c9-7(10)4-11-8(12-5-7)2-1-3-13-6-8/h11H,1-6H2. The van der Waals surface area contributed by atoms with Gasteiger partial charge in [-0.15, -0.1) is 0 Å². The van der Waals surface area contributed by atoms with E-state index in [9.17, 15) is 8.78 Å². The molecule has 0 saturated carbocycles. The summed E-state index contributed by atoms with van der Waals surface area (Å²) in [6.45, 7) is -0.673. The highest BCUT2D eigenvalue weighted by Crippen LogP contribution is 2.32. The van der Waals surface area contributed by atoms with Crippen LogP contribution < -0.4 is 5.32 Å². The Kier molecular flexibility index (Phi) is 2.51. The van der Waals surface area contributed by atoms with Crippen LogP contribution in [-0.4, -0.2) is 36.3 Å². The third kappa shape index (κ3) is 2.14. The molecule has 2 nitrogen and oxygen atoms in total. The zero-order chi connectivity index (χ0) is 9.36.